The predicted molar refractivity (Wildman–Crippen MR) is 109 cm³/mol. The summed E-state index contributed by atoms with van der Waals surface area (Å²) in [5, 5.41) is 0. The number of hydrogen-bond acceptors (Lipinski definition) is 4. The van der Waals surface area contributed by atoms with Crippen molar-refractivity contribution in [3.8, 4) is 0 Å². The van der Waals surface area contributed by atoms with Crippen molar-refractivity contribution in [3.63, 3.8) is 0 Å². The highest BCUT2D eigenvalue weighted by Gasteiger charge is 2.35. The lowest BCUT2D eigenvalue weighted by Crippen LogP contribution is -2.31. The van der Waals surface area contributed by atoms with Gasteiger partial charge in [-0.2, -0.15) is 4.31 Å². The quantitative estimate of drug-likeness (QED) is 0.673. The molecule has 0 aromatic heterocycles. The average Bonchev–Trinajstić information content (AvgIpc) is 3.53. The molecule has 8 heteroatoms. The fraction of sp³-hybridized carbons (Fsp3) is 0.400. The van der Waals surface area contributed by atoms with Crippen LogP contribution in [0.25, 0.3) is 0 Å². The summed E-state index contributed by atoms with van der Waals surface area (Å²) in [5.41, 5.74) is 0.939. The molecule has 1 N–H and O–H groups in total. The van der Waals surface area contributed by atoms with Gasteiger partial charge >= 0.3 is 0 Å². The van der Waals surface area contributed by atoms with Crippen LogP contribution in [0, 0.1) is 5.92 Å². The van der Waals surface area contributed by atoms with Gasteiger partial charge in [0.1, 0.15) is 0 Å². The number of sulfonamides is 2. The molecule has 0 spiro atoms. The zero-order valence-corrected chi connectivity index (χ0v) is 17.7. The Kier molecular flexibility index (Phi) is 6.24. The van der Waals surface area contributed by atoms with Crippen molar-refractivity contribution in [2.45, 2.75) is 42.5 Å². The van der Waals surface area contributed by atoms with Gasteiger partial charge in [0.2, 0.25) is 20.0 Å². The molecule has 3 rings (SSSR count). The highest BCUT2D eigenvalue weighted by atomic mass is 32.2. The molecule has 0 heterocycles. The summed E-state index contributed by atoms with van der Waals surface area (Å²) >= 11 is 0. The number of benzene rings is 2. The van der Waals surface area contributed by atoms with Crippen molar-refractivity contribution < 1.29 is 16.8 Å². The van der Waals surface area contributed by atoms with Gasteiger partial charge in [-0.05, 0) is 48.6 Å². The molecule has 0 saturated heterocycles. The molecule has 2 aromatic rings. The molecule has 0 aliphatic heterocycles. The van der Waals surface area contributed by atoms with Crippen LogP contribution in [-0.4, -0.2) is 34.2 Å². The van der Waals surface area contributed by atoms with Crippen LogP contribution in [-0.2, 0) is 20.0 Å². The Morgan fingerprint density at radius 2 is 1.43 bits per heavy atom. The summed E-state index contributed by atoms with van der Waals surface area (Å²) in [6.07, 6.45) is 1.98. The Labute approximate surface area is 167 Å². The fourth-order valence-corrected chi connectivity index (χ4v) is 6.02. The van der Waals surface area contributed by atoms with Crippen LogP contribution >= 0.6 is 0 Å². The summed E-state index contributed by atoms with van der Waals surface area (Å²) in [6.45, 7) is 4.26. The third kappa shape index (κ3) is 4.46. The standard InChI is InChI=1S/C20H26N2O4S2/c1-3-22(4-2)28(25,26)19-14-12-18(13-15-19)27(23,24)21-20(17-10-11-17)16-8-6-5-7-9-16/h5-9,12-15,17,20-21H,3-4,10-11H2,1-2H3. The van der Waals surface area contributed by atoms with E-state index in [1.54, 1.807) is 13.8 Å². The molecule has 6 nitrogen and oxygen atoms in total. The van der Waals surface area contributed by atoms with E-state index in [-0.39, 0.29) is 15.8 Å². The second-order valence-corrected chi connectivity index (χ2v) is 10.6. The minimum Gasteiger partial charge on any atom is -0.207 e. The SMILES string of the molecule is CCN(CC)S(=O)(=O)c1ccc(S(=O)(=O)NC(c2ccccc2)C2CC2)cc1. The topological polar surface area (TPSA) is 83.6 Å². The van der Waals surface area contributed by atoms with Crippen LogP contribution in [0.4, 0.5) is 0 Å². The van der Waals surface area contributed by atoms with Crippen molar-refractivity contribution in [3.05, 3.63) is 60.2 Å². The third-order valence-corrected chi connectivity index (χ3v) is 8.53. The summed E-state index contributed by atoms with van der Waals surface area (Å²) in [7, 11) is -7.38. The van der Waals surface area contributed by atoms with Gasteiger partial charge in [0.25, 0.3) is 0 Å². The van der Waals surface area contributed by atoms with Crippen LogP contribution < -0.4 is 4.72 Å². The molecule has 28 heavy (non-hydrogen) atoms. The second-order valence-electron chi connectivity index (χ2n) is 6.91. The van der Waals surface area contributed by atoms with E-state index in [9.17, 15) is 16.8 Å². The van der Waals surface area contributed by atoms with E-state index >= 15 is 0 Å². The fourth-order valence-electron chi connectivity index (χ4n) is 3.26. The first-order valence-corrected chi connectivity index (χ1v) is 12.4. The van der Waals surface area contributed by atoms with Crippen molar-refractivity contribution in [2.75, 3.05) is 13.1 Å². The zero-order valence-electron chi connectivity index (χ0n) is 16.1. The summed E-state index contributed by atoms with van der Waals surface area (Å²) in [4.78, 5) is 0.157. The lowest BCUT2D eigenvalue weighted by Gasteiger charge is -2.20. The van der Waals surface area contributed by atoms with Crippen molar-refractivity contribution >= 4 is 20.0 Å². The highest BCUT2D eigenvalue weighted by molar-refractivity contribution is 7.89. The van der Waals surface area contributed by atoms with Crippen LogP contribution in [0.1, 0.15) is 38.3 Å². The maximum absolute atomic E-state index is 12.9. The molecule has 0 radical (unpaired) electrons. The first-order valence-electron chi connectivity index (χ1n) is 9.47. The minimum absolute atomic E-state index is 0.0626. The lowest BCUT2D eigenvalue weighted by molar-refractivity contribution is 0.445. The van der Waals surface area contributed by atoms with Crippen molar-refractivity contribution in [1.29, 1.82) is 0 Å². The normalized spacial score (nSPS) is 16.2. The van der Waals surface area contributed by atoms with Crippen LogP contribution in [0.5, 0.6) is 0 Å². The van der Waals surface area contributed by atoms with Gasteiger partial charge in [0.05, 0.1) is 9.79 Å². The van der Waals surface area contributed by atoms with Crippen LogP contribution in [0.15, 0.2) is 64.4 Å². The van der Waals surface area contributed by atoms with Gasteiger partial charge in [0, 0.05) is 19.1 Å². The van der Waals surface area contributed by atoms with Gasteiger partial charge < -0.3 is 0 Å². The Morgan fingerprint density at radius 3 is 1.93 bits per heavy atom. The molecule has 1 aliphatic rings. The summed E-state index contributed by atoms with van der Waals surface area (Å²) < 4.78 is 55.1. The predicted octanol–water partition coefficient (Wildman–Crippen LogP) is 3.15. The molecule has 2 aromatic carbocycles. The molecule has 0 bridgehead atoms. The number of nitrogens with zero attached hydrogens (tertiary/aromatic N) is 1. The monoisotopic (exact) mass is 422 g/mol. The average molecular weight is 423 g/mol. The van der Waals surface area contributed by atoms with Crippen LogP contribution in [0.2, 0.25) is 0 Å². The minimum atomic E-state index is -3.76. The molecule has 152 valence electrons. The van der Waals surface area contributed by atoms with E-state index in [2.05, 4.69) is 4.72 Å². The molecular formula is C20H26N2O4S2. The maximum Gasteiger partial charge on any atom is 0.243 e. The first kappa shape index (κ1) is 21.0. The van der Waals surface area contributed by atoms with E-state index in [0.29, 0.717) is 19.0 Å². The number of hydrogen-bond donors (Lipinski definition) is 1. The van der Waals surface area contributed by atoms with Gasteiger partial charge in [0.15, 0.2) is 0 Å². The summed E-state index contributed by atoms with van der Waals surface area (Å²) in [5.74, 6) is 0.291. The Hall–Kier alpha value is -1.74. The van der Waals surface area contributed by atoms with E-state index in [0.717, 1.165) is 18.4 Å². The van der Waals surface area contributed by atoms with E-state index in [1.807, 2.05) is 30.3 Å². The summed E-state index contributed by atoms with van der Waals surface area (Å²) in [6, 6.07) is 14.7. The molecular weight excluding hydrogens is 396 g/mol. The highest BCUT2D eigenvalue weighted by Crippen LogP contribution is 2.41. The smallest absolute Gasteiger partial charge is 0.207 e. The first-order chi connectivity index (χ1) is 13.3. The van der Waals surface area contributed by atoms with Crippen LogP contribution in [0.3, 0.4) is 0 Å². The number of rotatable bonds is 9. The maximum atomic E-state index is 12.9. The molecule has 1 fully saturated rings. The molecule has 1 unspecified atom stereocenters. The Morgan fingerprint density at radius 1 is 0.893 bits per heavy atom. The third-order valence-electron chi connectivity index (χ3n) is 5.01. The second kappa shape index (κ2) is 8.32. The van der Waals surface area contributed by atoms with E-state index in [1.165, 1.54) is 28.6 Å². The van der Waals surface area contributed by atoms with Crippen molar-refractivity contribution in [1.82, 2.24) is 9.03 Å². The van der Waals surface area contributed by atoms with E-state index in [4.69, 9.17) is 0 Å². The van der Waals surface area contributed by atoms with E-state index < -0.39 is 20.0 Å². The zero-order chi connectivity index (χ0) is 20.4. The van der Waals surface area contributed by atoms with Crippen molar-refractivity contribution in [2.24, 2.45) is 5.92 Å². The Balaban J connectivity index is 1.84. The molecule has 1 aliphatic carbocycles. The largest absolute Gasteiger partial charge is 0.243 e. The number of nitrogens with one attached hydrogen (secondary N) is 1. The van der Waals surface area contributed by atoms with Gasteiger partial charge in [-0.3, -0.25) is 0 Å². The lowest BCUT2D eigenvalue weighted by atomic mass is 10.0. The molecule has 1 saturated carbocycles. The van der Waals surface area contributed by atoms with Gasteiger partial charge in [-0.1, -0.05) is 44.2 Å². The molecule has 0 amide bonds. The van der Waals surface area contributed by atoms with Gasteiger partial charge in [-0.15, -0.1) is 0 Å². The molecule has 1 atom stereocenters. The van der Waals surface area contributed by atoms with Gasteiger partial charge in [-0.25, -0.2) is 21.6 Å². The Bertz CT molecular complexity index is 996.